The van der Waals surface area contributed by atoms with Gasteiger partial charge in [-0.25, -0.2) is 8.78 Å². The van der Waals surface area contributed by atoms with Gasteiger partial charge in [-0.05, 0) is 13.0 Å². The van der Waals surface area contributed by atoms with Crippen molar-refractivity contribution in [2.45, 2.75) is 19.9 Å². The van der Waals surface area contributed by atoms with Crippen LogP contribution in [0.15, 0.2) is 6.07 Å². The molecule has 0 aromatic carbocycles. The van der Waals surface area contributed by atoms with Crippen molar-refractivity contribution in [2.75, 3.05) is 19.0 Å². The van der Waals surface area contributed by atoms with Crippen LogP contribution in [-0.2, 0) is 13.6 Å². The summed E-state index contributed by atoms with van der Waals surface area (Å²) in [7, 11) is 1.81. The van der Waals surface area contributed by atoms with Crippen LogP contribution in [-0.4, -0.2) is 40.1 Å². The number of hydrogen-bond acceptors (Lipinski definition) is 2. The van der Waals surface area contributed by atoms with E-state index in [-0.39, 0.29) is 6.54 Å². The highest BCUT2D eigenvalue weighted by Crippen LogP contribution is 2.08. The summed E-state index contributed by atoms with van der Waals surface area (Å²) in [5.41, 5.74) is 1.81. The summed E-state index contributed by atoms with van der Waals surface area (Å²) in [6.07, 6.45) is -2.34. The molecule has 0 fully saturated rings. The molecule has 0 aliphatic rings. The Bertz CT molecular complexity index is 328. The first kappa shape index (κ1) is 13.4. The smallest absolute Gasteiger partial charge is 0.251 e. The first-order valence-electron chi connectivity index (χ1n) is 5.09. The van der Waals surface area contributed by atoms with E-state index in [0.717, 1.165) is 11.4 Å². The Hall–Kier alpha value is -0.680. The van der Waals surface area contributed by atoms with Crippen molar-refractivity contribution in [1.29, 1.82) is 0 Å². The molecule has 0 bridgehead atoms. The van der Waals surface area contributed by atoms with Crippen LogP contribution in [0, 0.1) is 6.92 Å². The van der Waals surface area contributed by atoms with Crippen LogP contribution in [0.5, 0.6) is 0 Å². The van der Waals surface area contributed by atoms with Gasteiger partial charge in [-0.1, -0.05) is 0 Å². The van der Waals surface area contributed by atoms with E-state index < -0.39 is 6.43 Å². The van der Waals surface area contributed by atoms with Crippen LogP contribution in [0.3, 0.4) is 0 Å². The molecule has 0 aliphatic heterocycles. The molecule has 1 heterocycles. The maximum absolute atomic E-state index is 12.3. The quantitative estimate of drug-likeness (QED) is 0.722. The minimum Gasteiger partial charge on any atom is -0.291 e. The molecule has 0 N–H and O–H groups in total. The lowest BCUT2D eigenvalue weighted by molar-refractivity contribution is 0.0867. The molecular weight excluding hydrogens is 236 g/mol. The summed E-state index contributed by atoms with van der Waals surface area (Å²) in [5, 5.41) is 4.17. The van der Waals surface area contributed by atoms with E-state index in [0.29, 0.717) is 19.0 Å². The van der Waals surface area contributed by atoms with Crippen molar-refractivity contribution in [2.24, 2.45) is 7.05 Å². The fourth-order valence-electron chi connectivity index (χ4n) is 1.59. The average molecular weight is 252 g/mol. The molecule has 0 unspecified atom stereocenters. The van der Waals surface area contributed by atoms with Crippen LogP contribution < -0.4 is 0 Å². The molecule has 92 valence electrons. The van der Waals surface area contributed by atoms with Gasteiger partial charge in [-0.2, -0.15) is 5.10 Å². The Labute approximate surface area is 99.0 Å². The fraction of sp³-hybridized carbons (Fsp3) is 0.700. The molecule has 0 spiro atoms. The van der Waals surface area contributed by atoms with E-state index in [1.165, 1.54) is 0 Å². The van der Waals surface area contributed by atoms with E-state index in [4.69, 9.17) is 11.6 Å². The van der Waals surface area contributed by atoms with E-state index in [9.17, 15) is 8.78 Å². The van der Waals surface area contributed by atoms with Gasteiger partial charge in [0.15, 0.2) is 0 Å². The molecule has 16 heavy (non-hydrogen) atoms. The average Bonchev–Trinajstić information content (AvgIpc) is 2.44. The lowest BCUT2D eigenvalue weighted by Gasteiger charge is -2.20. The van der Waals surface area contributed by atoms with Gasteiger partial charge in [0.2, 0.25) is 0 Å². The van der Waals surface area contributed by atoms with Gasteiger partial charge in [-0.15, -0.1) is 11.6 Å². The van der Waals surface area contributed by atoms with Crippen molar-refractivity contribution in [3.05, 3.63) is 17.5 Å². The highest BCUT2D eigenvalue weighted by atomic mass is 35.5. The summed E-state index contributed by atoms with van der Waals surface area (Å²) in [5.74, 6) is 0.351. The Kier molecular flexibility index (Phi) is 5.15. The van der Waals surface area contributed by atoms with E-state index in [1.54, 1.807) is 9.58 Å². The van der Waals surface area contributed by atoms with Crippen molar-refractivity contribution in [1.82, 2.24) is 14.7 Å². The summed E-state index contributed by atoms with van der Waals surface area (Å²) in [6.45, 7) is 2.53. The molecule has 0 amide bonds. The van der Waals surface area contributed by atoms with Gasteiger partial charge < -0.3 is 0 Å². The molecule has 0 saturated heterocycles. The van der Waals surface area contributed by atoms with E-state index >= 15 is 0 Å². The molecule has 3 nitrogen and oxygen atoms in total. The van der Waals surface area contributed by atoms with Crippen LogP contribution in [0.25, 0.3) is 0 Å². The summed E-state index contributed by atoms with van der Waals surface area (Å²) < 4.78 is 26.3. The molecule has 6 heteroatoms. The third-order valence-corrected chi connectivity index (χ3v) is 2.45. The van der Waals surface area contributed by atoms with Gasteiger partial charge in [0.05, 0.1) is 17.9 Å². The normalized spacial score (nSPS) is 11.7. The monoisotopic (exact) mass is 251 g/mol. The highest BCUT2D eigenvalue weighted by molar-refractivity contribution is 6.18. The molecule has 1 aromatic heterocycles. The second-order valence-corrected chi connectivity index (χ2v) is 4.09. The van der Waals surface area contributed by atoms with E-state index in [2.05, 4.69) is 5.10 Å². The molecule has 1 rings (SSSR count). The molecule has 0 radical (unpaired) electrons. The Morgan fingerprint density at radius 2 is 2.25 bits per heavy atom. The van der Waals surface area contributed by atoms with Crippen LogP contribution >= 0.6 is 11.6 Å². The molecule has 0 aliphatic carbocycles. The Balaban J connectivity index is 2.63. The fourth-order valence-corrected chi connectivity index (χ4v) is 1.83. The number of halogens is 3. The zero-order valence-corrected chi connectivity index (χ0v) is 10.2. The number of hydrogen-bond donors (Lipinski definition) is 0. The van der Waals surface area contributed by atoms with Gasteiger partial charge >= 0.3 is 0 Å². The van der Waals surface area contributed by atoms with Crippen molar-refractivity contribution < 1.29 is 8.78 Å². The number of aryl methyl sites for hydroxylation is 2. The molecule has 1 aromatic rings. The van der Waals surface area contributed by atoms with Crippen LogP contribution in [0.1, 0.15) is 11.4 Å². The topological polar surface area (TPSA) is 21.1 Å². The van der Waals surface area contributed by atoms with Crippen molar-refractivity contribution in [3.8, 4) is 0 Å². The molecule has 0 atom stereocenters. The first-order chi connectivity index (χ1) is 7.52. The zero-order chi connectivity index (χ0) is 12.1. The number of nitrogens with zero attached hydrogens (tertiary/aromatic N) is 3. The lowest BCUT2D eigenvalue weighted by atomic mass is 10.3. The summed E-state index contributed by atoms with van der Waals surface area (Å²) in [4.78, 5) is 1.63. The van der Waals surface area contributed by atoms with Gasteiger partial charge in [0.1, 0.15) is 0 Å². The second-order valence-electron chi connectivity index (χ2n) is 3.72. The number of aromatic nitrogens is 2. The third-order valence-electron chi connectivity index (χ3n) is 2.28. The zero-order valence-electron chi connectivity index (χ0n) is 9.46. The Morgan fingerprint density at radius 3 is 2.69 bits per heavy atom. The van der Waals surface area contributed by atoms with Crippen LogP contribution in [0.2, 0.25) is 0 Å². The lowest BCUT2D eigenvalue weighted by Crippen LogP contribution is -2.31. The Morgan fingerprint density at radius 1 is 1.56 bits per heavy atom. The van der Waals surface area contributed by atoms with Crippen LogP contribution in [0.4, 0.5) is 8.78 Å². The number of rotatable bonds is 6. The standard InChI is InChI=1S/C10H16ClF2N3/c1-8-5-9(15(2)14-8)6-16(4-3-11)7-10(12)13/h5,10H,3-4,6-7H2,1-2H3. The SMILES string of the molecule is Cc1cc(CN(CCCl)CC(F)F)n(C)n1. The van der Waals surface area contributed by atoms with Crippen molar-refractivity contribution in [3.63, 3.8) is 0 Å². The summed E-state index contributed by atoms with van der Waals surface area (Å²) >= 11 is 5.58. The maximum atomic E-state index is 12.3. The largest absolute Gasteiger partial charge is 0.291 e. The van der Waals surface area contributed by atoms with Gasteiger partial charge in [0.25, 0.3) is 6.43 Å². The highest BCUT2D eigenvalue weighted by Gasteiger charge is 2.14. The van der Waals surface area contributed by atoms with Gasteiger partial charge in [0, 0.05) is 26.0 Å². The minimum atomic E-state index is -2.34. The molecule has 0 saturated carbocycles. The first-order valence-corrected chi connectivity index (χ1v) is 5.62. The number of alkyl halides is 3. The third kappa shape index (κ3) is 4.06. The molecular formula is C10H16ClF2N3. The van der Waals surface area contributed by atoms with Gasteiger partial charge in [-0.3, -0.25) is 9.58 Å². The summed E-state index contributed by atoms with van der Waals surface area (Å²) in [6, 6.07) is 1.90. The predicted octanol–water partition coefficient (Wildman–Crippen LogP) is 2.03. The minimum absolute atomic E-state index is 0.253. The predicted molar refractivity (Wildman–Crippen MR) is 59.9 cm³/mol. The maximum Gasteiger partial charge on any atom is 0.251 e. The van der Waals surface area contributed by atoms with E-state index in [1.807, 2.05) is 20.0 Å². The van der Waals surface area contributed by atoms with Crippen molar-refractivity contribution >= 4 is 11.6 Å². The second kappa shape index (κ2) is 6.15.